The number of halogens is 1. The Kier molecular flexibility index (Phi) is 2.60. The third kappa shape index (κ3) is 1.71. The summed E-state index contributed by atoms with van der Waals surface area (Å²) in [6.07, 6.45) is -0.553. The molecule has 66 valence electrons. The first kappa shape index (κ1) is 9.36. The van der Waals surface area contributed by atoms with Gasteiger partial charge in [0.2, 0.25) is 0 Å². The molecule has 1 aromatic carbocycles. The van der Waals surface area contributed by atoms with E-state index in [0.717, 1.165) is 11.1 Å². The van der Waals surface area contributed by atoms with Gasteiger partial charge in [0.1, 0.15) is 5.75 Å². The van der Waals surface area contributed by atoms with Gasteiger partial charge in [-0.15, -0.1) is 0 Å². The summed E-state index contributed by atoms with van der Waals surface area (Å²) in [7, 11) is 0. The lowest BCUT2D eigenvalue weighted by molar-refractivity contribution is 0.198. The molecule has 0 aliphatic carbocycles. The standard InChI is InChI=1S/C9H11ClO2/c1-5-3-9(12)8(10)4-7(5)6(2)11/h3-4,6,11-12H,1-2H3. The zero-order valence-electron chi connectivity index (χ0n) is 7.00. The van der Waals surface area contributed by atoms with Gasteiger partial charge >= 0.3 is 0 Å². The van der Waals surface area contributed by atoms with E-state index in [0.29, 0.717) is 0 Å². The minimum Gasteiger partial charge on any atom is -0.506 e. The van der Waals surface area contributed by atoms with Crippen molar-refractivity contribution >= 4 is 11.6 Å². The van der Waals surface area contributed by atoms with E-state index in [1.165, 1.54) is 0 Å². The van der Waals surface area contributed by atoms with Crippen molar-refractivity contribution in [3.8, 4) is 5.75 Å². The molecule has 0 fully saturated rings. The molecule has 12 heavy (non-hydrogen) atoms. The van der Waals surface area contributed by atoms with Crippen LogP contribution in [0.15, 0.2) is 12.1 Å². The summed E-state index contributed by atoms with van der Waals surface area (Å²) in [6, 6.07) is 3.13. The van der Waals surface area contributed by atoms with Gasteiger partial charge < -0.3 is 10.2 Å². The van der Waals surface area contributed by atoms with Crippen molar-refractivity contribution in [1.29, 1.82) is 0 Å². The number of aliphatic hydroxyl groups is 1. The third-order valence-electron chi connectivity index (χ3n) is 1.79. The van der Waals surface area contributed by atoms with Crippen LogP contribution in [0, 0.1) is 6.92 Å². The SMILES string of the molecule is Cc1cc(O)c(Cl)cc1C(C)O. The average Bonchev–Trinajstić information content (AvgIpc) is 1.96. The topological polar surface area (TPSA) is 40.5 Å². The number of hydrogen-bond acceptors (Lipinski definition) is 2. The van der Waals surface area contributed by atoms with E-state index in [1.807, 2.05) is 6.92 Å². The Balaban J connectivity index is 3.23. The van der Waals surface area contributed by atoms with E-state index in [9.17, 15) is 10.2 Å². The summed E-state index contributed by atoms with van der Waals surface area (Å²) in [6.45, 7) is 3.48. The molecular formula is C9H11ClO2. The predicted octanol–water partition coefficient (Wildman–Crippen LogP) is 2.41. The molecule has 3 heteroatoms. The van der Waals surface area contributed by atoms with Crippen molar-refractivity contribution in [2.24, 2.45) is 0 Å². The number of aliphatic hydroxyl groups excluding tert-OH is 1. The van der Waals surface area contributed by atoms with Crippen LogP contribution in [0.1, 0.15) is 24.2 Å². The number of phenols is 1. The molecule has 1 aromatic rings. The van der Waals surface area contributed by atoms with Crippen LogP contribution in [0.25, 0.3) is 0 Å². The maximum atomic E-state index is 9.28. The van der Waals surface area contributed by atoms with E-state index < -0.39 is 6.10 Å². The molecule has 1 unspecified atom stereocenters. The summed E-state index contributed by atoms with van der Waals surface area (Å²) >= 11 is 5.67. The molecular weight excluding hydrogens is 176 g/mol. The van der Waals surface area contributed by atoms with Gasteiger partial charge in [-0.2, -0.15) is 0 Å². The highest BCUT2D eigenvalue weighted by Crippen LogP contribution is 2.29. The Morgan fingerprint density at radius 2 is 2.00 bits per heavy atom. The Labute approximate surface area is 76.4 Å². The molecule has 0 heterocycles. The lowest BCUT2D eigenvalue weighted by Gasteiger charge is -2.09. The van der Waals surface area contributed by atoms with Gasteiger partial charge in [0, 0.05) is 0 Å². The fraction of sp³-hybridized carbons (Fsp3) is 0.333. The van der Waals surface area contributed by atoms with Crippen LogP contribution < -0.4 is 0 Å². The molecule has 0 spiro atoms. The molecule has 0 saturated heterocycles. The second kappa shape index (κ2) is 3.33. The third-order valence-corrected chi connectivity index (χ3v) is 2.09. The Bertz CT molecular complexity index is 295. The smallest absolute Gasteiger partial charge is 0.134 e. The monoisotopic (exact) mass is 186 g/mol. The van der Waals surface area contributed by atoms with E-state index in [4.69, 9.17) is 11.6 Å². The molecule has 0 amide bonds. The first-order valence-electron chi connectivity index (χ1n) is 3.69. The summed E-state index contributed by atoms with van der Waals surface area (Å²) in [5.41, 5.74) is 1.59. The van der Waals surface area contributed by atoms with Crippen LogP contribution in [0.5, 0.6) is 5.75 Å². The molecule has 2 nitrogen and oxygen atoms in total. The van der Waals surface area contributed by atoms with Crippen LogP contribution in [0.2, 0.25) is 5.02 Å². The van der Waals surface area contributed by atoms with Crippen LogP contribution in [-0.4, -0.2) is 10.2 Å². The second-order valence-electron chi connectivity index (χ2n) is 2.84. The summed E-state index contributed by atoms with van der Waals surface area (Å²) in [5, 5.41) is 18.7. The van der Waals surface area contributed by atoms with Gasteiger partial charge in [-0.3, -0.25) is 0 Å². The van der Waals surface area contributed by atoms with E-state index in [2.05, 4.69) is 0 Å². The normalized spacial score (nSPS) is 13.0. The van der Waals surface area contributed by atoms with Gasteiger partial charge in [0.25, 0.3) is 0 Å². The number of benzene rings is 1. The Morgan fingerprint density at radius 3 is 2.50 bits per heavy atom. The molecule has 0 saturated carbocycles. The number of aryl methyl sites for hydroxylation is 1. The maximum absolute atomic E-state index is 9.28. The van der Waals surface area contributed by atoms with E-state index in [-0.39, 0.29) is 10.8 Å². The molecule has 0 aliphatic rings. The van der Waals surface area contributed by atoms with Crippen molar-refractivity contribution in [1.82, 2.24) is 0 Å². The highest BCUT2D eigenvalue weighted by Gasteiger charge is 2.08. The molecule has 0 aliphatic heterocycles. The van der Waals surface area contributed by atoms with Crippen LogP contribution in [0.4, 0.5) is 0 Å². The lowest BCUT2D eigenvalue weighted by Crippen LogP contribution is -1.94. The van der Waals surface area contributed by atoms with E-state index >= 15 is 0 Å². The largest absolute Gasteiger partial charge is 0.506 e. The van der Waals surface area contributed by atoms with Crippen molar-refractivity contribution in [2.45, 2.75) is 20.0 Å². The lowest BCUT2D eigenvalue weighted by atomic mass is 10.0. The van der Waals surface area contributed by atoms with Crippen molar-refractivity contribution in [3.05, 3.63) is 28.3 Å². The number of phenolic OH excluding ortho intramolecular Hbond substituents is 1. The molecule has 0 aromatic heterocycles. The van der Waals surface area contributed by atoms with Gasteiger partial charge in [-0.25, -0.2) is 0 Å². The van der Waals surface area contributed by atoms with Crippen LogP contribution in [-0.2, 0) is 0 Å². The quantitative estimate of drug-likeness (QED) is 0.707. The predicted molar refractivity (Wildman–Crippen MR) is 48.5 cm³/mol. The zero-order valence-corrected chi connectivity index (χ0v) is 7.76. The molecule has 0 bridgehead atoms. The van der Waals surface area contributed by atoms with Gasteiger partial charge in [0.05, 0.1) is 11.1 Å². The van der Waals surface area contributed by atoms with Crippen molar-refractivity contribution in [2.75, 3.05) is 0 Å². The van der Waals surface area contributed by atoms with Gasteiger partial charge in [0.15, 0.2) is 0 Å². The van der Waals surface area contributed by atoms with Gasteiger partial charge in [-0.05, 0) is 37.1 Å². The number of aromatic hydroxyl groups is 1. The first-order chi connectivity index (χ1) is 5.52. The Morgan fingerprint density at radius 1 is 1.42 bits per heavy atom. The highest BCUT2D eigenvalue weighted by molar-refractivity contribution is 6.32. The summed E-state index contributed by atoms with van der Waals surface area (Å²) in [4.78, 5) is 0. The summed E-state index contributed by atoms with van der Waals surface area (Å²) < 4.78 is 0. The summed E-state index contributed by atoms with van der Waals surface area (Å²) in [5.74, 6) is 0.0542. The number of rotatable bonds is 1. The first-order valence-corrected chi connectivity index (χ1v) is 4.07. The Hall–Kier alpha value is -0.730. The molecule has 1 rings (SSSR count). The molecule has 1 atom stereocenters. The zero-order chi connectivity index (χ0) is 9.30. The average molecular weight is 187 g/mol. The second-order valence-corrected chi connectivity index (χ2v) is 3.24. The minimum absolute atomic E-state index is 0.0542. The minimum atomic E-state index is -0.553. The fourth-order valence-corrected chi connectivity index (χ4v) is 1.30. The van der Waals surface area contributed by atoms with E-state index in [1.54, 1.807) is 19.1 Å². The fourth-order valence-electron chi connectivity index (χ4n) is 1.13. The van der Waals surface area contributed by atoms with Crippen molar-refractivity contribution in [3.63, 3.8) is 0 Å². The highest BCUT2D eigenvalue weighted by atomic mass is 35.5. The van der Waals surface area contributed by atoms with Crippen LogP contribution in [0.3, 0.4) is 0 Å². The number of hydrogen-bond donors (Lipinski definition) is 2. The molecule has 2 N–H and O–H groups in total. The van der Waals surface area contributed by atoms with Gasteiger partial charge in [-0.1, -0.05) is 11.6 Å². The van der Waals surface area contributed by atoms with Crippen molar-refractivity contribution < 1.29 is 10.2 Å². The molecule has 0 radical (unpaired) electrons. The maximum Gasteiger partial charge on any atom is 0.134 e. The van der Waals surface area contributed by atoms with Crippen LogP contribution >= 0.6 is 11.6 Å².